The van der Waals surface area contributed by atoms with Crippen molar-refractivity contribution in [2.24, 2.45) is 0 Å². The molecule has 2 unspecified atom stereocenters. The molecule has 0 amide bonds. The summed E-state index contributed by atoms with van der Waals surface area (Å²) < 4.78 is 64.2. The van der Waals surface area contributed by atoms with Gasteiger partial charge in [0.2, 0.25) is 0 Å². The number of nitrogens with zero attached hydrogens (tertiary/aromatic N) is 7. The zero-order valence-electron chi connectivity index (χ0n) is 22.2. The van der Waals surface area contributed by atoms with Gasteiger partial charge < -0.3 is 35.7 Å². The average Bonchev–Trinajstić information content (AvgIpc) is 3.73. The number of aromatic nitrogens is 7. The lowest BCUT2D eigenvalue weighted by Gasteiger charge is -2.33. The van der Waals surface area contributed by atoms with Crippen molar-refractivity contribution in [3.05, 3.63) is 31.2 Å². The maximum atomic E-state index is 13.6. The summed E-state index contributed by atoms with van der Waals surface area (Å²) in [5.41, 5.74) is 10.4. The minimum atomic E-state index is -4.35. The number of imidazole rings is 1. The second-order valence-corrected chi connectivity index (χ2v) is 15.9. The largest absolute Gasteiger partial charge is 0.387 e. The Bertz CT molecular complexity index is 1850. The molecular weight excluding hydrogens is 664 g/mol. The van der Waals surface area contributed by atoms with E-state index in [9.17, 15) is 19.3 Å². The number of thiol groups is 2. The third-order valence-electron chi connectivity index (χ3n) is 7.51. The van der Waals surface area contributed by atoms with Crippen LogP contribution in [0.5, 0.6) is 0 Å². The van der Waals surface area contributed by atoms with Crippen molar-refractivity contribution in [1.29, 1.82) is 0 Å². The van der Waals surface area contributed by atoms with Gasteiger partial charge in [-0.05, 0) is 6.07 Å². The van der Waals surface area contributed by atoms with Crippen LogP contribution in [0.1, 0.15) is 6.23 Å². The van der Waals surface area contributed by atoms with E-state index in [2.05, 4.69) is 49.4 Å². The molecule has 7 rings (SSSR count). The standard InChI is InChI=1S/C21H25N9O10P2S2/c22-16-9-1-2-29(18(9)26-6-24-16)20-14-13(31)10(38-20)3-36-42(34,44)40-15-11(4-37-41(33,43)39-14)35-5-21(15,32)30-8-28-12-17(23)25-7-27-19(12)30/h1-2,6-8,10-11,13-15,20,31-32H,3-5H2,(H,33,43)(H,34,44)(H2,22,24,26)(H2,23,25,27)/t10-,11-,13-,14-,15-,20-,21+,41?,42?/m1/s1. The zero-order valence-corrected chi connectivity index (χ0v) is 25.8. The van der Waals surface area contributed by atoms with Gasteiger partial charge in [0.15, 0.2) is 23.4 Å². The van der Waals surface area contributed by atoms with E-state index in [4.69, 9.17) is 39.0 Å². The lowest BCUT2D eigenvalue weighted by Crippen LogP contribution is -2.48. The van der Waals surface area contributed by atoms with Crippen LogP contribution in [0.15, 0.2) is 31.2 Å². The Morgan fingerprint density at radius 1 is 0.955 bits per heavy atom. The number of anilines is 2. The summed E-state index contributed by atoms with van der Waals surface area (Å²) >= 11 is 8.23. The Morgan fingerprint density at radius 2 is 1.64 bits per heavy atom. The number of nitrogens with two attached hydrogens (primary N) is 2. The number of ether oxygens (including phenoxy) is 2. The highest BCUT2D eigenvalue weighted by molar-refractivity contribution is 8.44. The molecular formula is C21H25N9O10P2S2. The first-order chi connectivity index (χ1) is 20.9. The summed E-state index contributed by atoms with van der Waals surface area (Å²) in [5.74, 6) is 0.257. The maximum absolute atomic E-state index is 13.6. The predicted octanol–water partition coefficient (Wildman–Crippen LogP) is 0.631. The second-order valence-electron chi connectivity index (χ2n) is 10.2. The molecule has 3 aliphatic rings. The monoisotopic (exact) mass is 689 g/mol. The molecule has 0 aliphatic carbocycles. The van der Waals surface area contributed by atoms with Crippen molar-refractivity contribution >= 4 is 71.9 Å². The predicted molar refractivity (Wildman–Crippen MR) is 156 cm³/mol. The van der Waals surface area contributed by atoms with Crippen molar-refractivity contribution < 1.29 is 46.9 Å². The van der Waals surface area contributed by atoms with Crippen molar-refractivity contribution in [1.82, 2.24) is 34.1 Å². The Morgan fingerprint density at radius 3 is 2.41 bits per heavy atom. The highest BCUT2D eigenvalue weighted by Gasteiger charge is 2.56. The molecule has 7 heterocycles. The van der Waals surface area contributed by atoms with Crippen LogP contribution >= 0.6 is 38.1 Å². The third-order valence-corrected chi connectivity index (χ3v) is 10.7. The van der Waals surface area contributed by atoms with Crippen molar-refractivity contribution in [2.75, 3.05) is 31.3 Å². The first-order valence-electron chi connectivity index (χ1n) is 12.9. The molecule has 6 N–H and O–H groups in total. The number of nitrogen functional groups attached to an aromatic ring is 2. The fourth-order valence-electron chi connectivity index (χ4n) is 5.41. The third kappa shape index (κ3) is 5.10. The zero-order chi connectivity index (χ0) is 31.0. The summed E-state index contributed by atoms with van der Waals surface area (Å²) in [7, 11) is 0. The van der Waals surface area contributed by atoms with E-state index in [1.807, 2.05) is 0 Å². The molecule has 2 bridgehead atoms. The second kappa shape index (κ2) is 10.9. The molecule has 44 heavy (non-hydrogen) atoms. The van der Waals surface area contributed by atoms with Crippen molar-refractivity contribution in [3.63, 3.8) is 0 Å². The SMILES string of the molecule is Nc1ncnc2c1ccn2[C@@H]1O[C@@H]2COP(=O)(S)O[C@@H]3[C@@H](COP(=O)(S)O[C@@H]1[C@@H]2O)OC[C@@]3(O)n1cnc2c(N)ncnc21. The van der Waals surface area contributed by atoms with Gasteiger partial charge in [0, 0.05) is 6.20 Å². The molecule has 4 aromatic heterocycles. The van der Waals surface area contributed by atoms with Gasteiger partial charge in [-0.15, -0.1) is 0 Å². The molecule has 3 saturated heterocycles. The highest BCUT2D eigenvalue weighted by atomic mass is 32.7. The summed E-state index contributed by atoms with van der Waals surface area (Å²) in [6.45, 7) is -10.1. The Labute approximate surface area is 257 Å². The van der Waals surface area contributed by atoms with E-state index >= 15 is 0 Å². The molecule has 0 spiro atoms. The van der Waals surface area contributed by atoms with Crippen LogP contribution in [0, 0.1) is 0 Å². The summed E-state index contributed by atoms with van der Waals surface area (Å²) in [6.07, 6.45) is -2.68. The first-order valence-corrected chi connectivity index (χ1v) is 18.3. The van der Waals surface area contributed by atoms with Crippen molar-refractivity contribution in [3.8, 4) is 0 Å². The first kappa shape index (κ1) is 30.3. The van der Waals surface area contributed by atoms with Gasteiger partial charge in [-0.2, -0.15) is 0 Å². The van der Waals surface area contributed by atoms with E-state index < -0.39 is 75.9 Å². The van der Waals surface area contributed by atoms with Crippen LogP contribution in [0.25, 0.3) is 22.2 Å². The van der Waals surface area contributed by atoms with Crippen LogP contribution in [0.2, 0.25) is 0 Å². The van der Waals surface area contributed by atoms with Gasteiger partial charge in [-0.25, -0.2) is 34.0 Å². The fraction of sp³-hybridized carbons (Fsp3) is 0.476. The number of hydrogen-bond acceptors (Lipinski definition) is 17. The van der Waals surface area contributed by atoms with E-state index in [1.54, 1.807) is 12.3 Å². The smallest absolute Gasteiger partial charge is 0.386 e. The molecule has 4 aromatic rings. The van der Waals surface area contributed by atoms with E-state index in [0.29, 0.717) is 11.0 Å². The Kier molecular flexibility index (Phi) is 7.47. The number of hydrogen-bond donors (Lipinski definition) is 6. The number of aliphatic hydroxyl groups excluding tert-OH is 1. The molecule has 0 saturated carbocycles. The van der Waals surface area contributed by atoms with Crippen molar-refractivity contribution in [2.45, 2.75) is 42.5 Å². The number of aliphatic hydroxyl groups is 2. The fourth-order valence-corrected chi connectivity index (χ4v) is 8.36. The molecule has 19 nitrogen and oxygen atoms in total. The van der Waals surface area contributed by atoms with Gasteiger partial charge in [-0.3, -0.25) is 22.7 Å². The van der Waals surface area contributed by atoms with Crippen LogP contribution in [-0.4, -0.2) is 94.6 Å². The van der Waals surface area contributed by atoms with E-state index in [-0.39, 0.29) is 22.8 Å². The van der Waals surface area contributed by atoms with E-state index in [1.165, 1.54) is 28.1 Å². The number of rotatable bonds is 2. The van der Waals surface area contributed by atoms with Crippen LogP contribution < -0.4 is 11.5 Å². The minimum absolute atomic E-state index is 0.0547. The summed E-state index contributed by atoms with van der Waals surface area (Å²) in [5, 5.41) is 23.5. The highest BCUT2D eigenvalue weighted by Crippen LogP contribution is 2.60. The normalized spacial score (nSPS) is 38.3. The van der Waals surface area contributed by atoms with Crippen LogP contribution in [-0.2, 0) is 42.4 Å². The van der Waals surface area contributed by atoms with Crippen LogP contribution in [0.4, 0.5) is 11.6 Å². The lowest BCUT2D eigenvalue weighted by atomic mass is 10.1. The van der Waals surface area contributed by atoms with Crippen LogP contribution in [0.3, 0.4) is 0 Å². The molecule has 0 radical (unpaired) electrons. The average molecular weight is 690 g/mol. The van der Waals surface area contributed by atoms with E-state index in [0.717, 1.165) is 0 Å². The topological polar surface area (TPSA) is 256 Å². The molecule has 23 heteroatoms. The van der Waals surface area contributed by atoms with Gasteiger partial charge in [0.25, 0.3) is 0 Å². The minimum Gasteiger partial charge on any atom is -0.387 e. The molecule has 9 atom stereocenters. The Balaban J connectivity index is 1.22. The maximum Gasteiger partial charge on any atom is 0.386 e. The quantitative estimate of drug-likeness (QED) is 0.125. The summed E-state index contributed by atoms with van der Waals surface area (Å²) in [4.78, 5) is 20.4. The Hall–Kier alpha value is -2.39. The summed E-state index contributed by atoms with van der Waals surface area (Å²) in [6, 6.07) is 1.63. The van der Waals surface area contributed by atoms with Gasteiger partial charge in [0.05, 0.1) is 31.5 Å². The molecule has 3 aliphatic heterocycles. The number of fused-ring (bicyclic) bond motifs is 5. The molecule has 236 valence electrons. The van der Waals surface area contributed by atoms with Gasteiger partial charge in [0.1, 0.15) is 60.2 Å². The van der Waals surface area contributed by atoms with Gasteiger partial charge in [-0.1, -0.05) is 24.5 Å². The molecule has 3 fully saturated rings. The lowest BCUT2D eigenvalue weighted by molar-refractivity contribution is -0.103. The molecule has 0 aromatic carbocycles. The van der Waals surface area contributed by atoms with Gasteiger partial charge >= 0.3 is 13.6 Å².